The predicted octanol–water partition coefficient (Wildman–Crippen LogP) is 3.52. The number of hydrogen-bond acceptors (Lipinski definition) is 6. The van der Waals surface area contributed by atoms with Crippen LogP contribution in [0.25, 0.3) is 10.6 Å². The molecule has 3 aromatic heterocycles. The molecule has 1 fully saturated rings. The molecule has 29 heavy (non-hydrogen) atoms. The third-order valence-electron chi connectivity index (χ3n) is 5.28. The number of likely N-dealkylation sites (tertiary alicyclic amines) is 1. The number of amides is 1. The highest BCUT2D eigenvalue weighted by Crippen LogP contribution is 2.29. The van der Waals surface area contributed by atoms with E-state index in [1.165, 1.54) is 0 Å². The van der Waals surface area contributed by atoms with Gasteiger partial charge in [-0.05, 0) is 51.1 Å². The van der Waals surface area contributed by atoms with E-state index >= 15 is 0 Å². The van der Waals surface area contributed by atoms with Crippen molar-refractivity contribution < 1.29 is 4.79 Å². The van der Waals surface area contributed by atoms with E-state index in [-0.39, 0.29) is 11.8 Å². The zero-order chi connectivity index (χ0) is 20.4. The third kappa shape index (κ3) is 4.53. The third-order valence-corrected chi connectivity index (χ3v) is 6.18. The summed E-state index contributed by atoms with van der Waals surface area (Å²) in [6.45, 7) is 7.84. The first-order chi connectivity index (χ1) is 14.0. The number of piperidine rings is 1. The van der Waals surface area contributed by atoms with Gasteiger partial charge in [0.1, 0.15) is 17.5 Å². The molecule has 0 aliphatic carbocycles. The summed E-state index contributed by atoms with van der Waals surface area (Å²) >= 11 is 1.68. The van der Waals surface area contributed by atoms with Crippen molar-refractivity contribution >= 4 is 17.2 Å². The van der Waals surface area contributed by atoms with E-state index in [2.05, 4.69) is 21.5 Å². The van der Waals surface area contributed by atoms with Crippen molar-refractivity contribution in [2.24, 2.45) is 0 Å². The van der Waals surface area contributed by atoms with Crippen molar-refractivity contribution in [2.75, 3.05) is 13.1 Å². The van der Waals surface area contributed by atoms with Crippen LogP contribution in [-0.4, -0.2) is 48.6 Å². The van der Waals surface area contributed by atoms with Crippen molar-refractivity contribution in [1.82, 2.24) is 29.6 Å². The van der Waals surface area contributed by atoms with Crippen LogP contribution in [0.5, 0.6) is 0 Å². The molecular weight excluding hydrogens is 384 g/mol. The zero-order valence-corrected chi connectivity index (χ0v) is 17.9. The Morgan fingerprint density at radius 3 is 2.83 bits per heavy atom. The second-order valence-electron chi connectivity index (χ2n) is 7.59. The zero-order valence-electron chi connectivity index (χ0n) is 17.1. The standard InChI is InChI=1S/C21H26N6OS/c1-14-12-18(19-7-5-11-29-19)24-21(22-14)17-6-4-9-26(13-17)20(28)8-10-27-16(3)23-15(2)25-27/h5,7,11-12,17H,4,6,8-10,13H2,1-3H3/t17-/m1/s1. The van der Waals surface area contributed by atoms with Gasteiger partial charge in [0.05, 0.1) is 17.1 Å². The van der Waals surface area contributed by atoms with Crippen LogP contribution in [0.2, 0.25) is 0 Å². The molecule has 0 aromatic carbocycles. The minimum Gasteiger partial charge on any atom is -0.342 e. The maximum Gasteiger partial charge on any atom is 0.224 e. The number of carbonyl (C=O) groups excluding carboxylic acids is 1. The van der Waals surface area contributed by atoms with E-state index in [0.717, 1.165) is 53.1 Å². The lowest BCUT2D eigenvalue weighted by Gasteiger charge is -2.32. The molecule has 1 amide bonds. The van der Waals surface area contributed by atoms with E-state index in [0.29, 0.717) is 19.5 Å². The molecule has 4 rings (SSSR count). The molecule has 4 heterocycles. The van der Waals surface area contributed by atoms with Crippen molar-refractivity contribution in [3.05, 3.63) is 46.7 Å². The maximum absolute atomic E-state index is 12.8. The predicted molar refractivity (Wildman–Crippen MR) is 113 cm³/mol. The molecule has 7 nitrogen and oxygen atoms in total. The molecule has 1 aliphatic rings. The Bertz CT molecular complexity index is 997. The maximum atomic E-state index is 12.8. The van der Waals surface area contributed by atoms with E-state index in [1.54, 1.807) is 11.3 Å². The number of aromatic nitrogens is 5. The van der Waals surface area contributed by atoms with Gasteiger partial charge in [0.15, 0.2) is 0 Å². The Hall–Kier alpha value is -2.61. The van der Waals surface area contributed by atoms with Crippen LogP contribution in [0, 0.1) is 20.8 Å². The van der Waals surface area contributed by atoms with Crippen molar-refractivity contribution in [2.45, 2.75) is 52.5 Å². The van der Waals surface area contributed by atoms with Crippen LogP contribution in [0.15, 0.2) is 23.6 Å². The molecular formula is C21H26N6OS. The smallest absolute Gasteiger partial charge is 0.224 e. The molecule has 8 heteroatoms. The van der Waals surface area contributed by atoms with Crippen LogP contribution >= 0.6 is 11.3 Å². The molecule has 1 atom stereocenters. The van der Waals surface area contributed by atoms with Gasteiger partial charge < -0.3 is 4.90 Å². The average Bonchev–Trinajstić information content (AvgIpc) is 3.35. The lowest BCUT2D eigenvalue weighted by atomic mass is 9.96. The molecule has 0 saturated carbocycles. The summed E-state index contributed by atoms with van der Waals surface area (Å²) in [7, 11) is 0. The minimum absolute atomic E-state index is 0.161. The molecule has 1 aliphatic heterocycles. The molecule has 152 valence electrons. The number of hydrogen-bond donors (Lipinski definition) is 0. The highest BCUT2D eigenvalue weighted by molar-refractivity contribution is 7.13. The first-order valence-corrected chi connectivity index (χ1v) is 10.9. The quantitative estimate of drug-likeness (QED) is 0.643. The van der Waals surface area contributed by atoms with Gasteiger partial charge in [-0.15, -0.1) is 11.3 Å². The number of thiophene rings is 1. The van der Waals surface area contributed by atoms with Crippen LogP contribution in [-0.2, 0) is 11.3 Å². The fraction of sp³-hybridized carbons (Fsp3) is 0.476. The van der Waals surface area contributed by atoms with Crippen molar-refractivity contribution in [3.8, 4) is 10.6 Å². The normalized spacial score (nSPS) is 16.9. The number of nitrogens with zero attached hydrogens (tertiary/aromatic N) is 6. The summed E-state index contributed by atoms with van der Waals surface area (Å²) in [5, 5.41) is 6.41. The summed E-state index contributed by atoms with van der Waals surface area (Å²) in [6.07, 6.45) is 2.42. The van der Waals surface area contributed by atoms with E-state index in [1.807, 2.05) is 42.5 Å². The molecule has 3 aromatic rings. The monoisotopic (exact) mass is 410 g/mol. The van der Waals surface area contributed by atoms with Crippen LogP contribution in [0.1, 0.15) is 48.3 Å². The van der Waals surface area contributed by atoms with Crippen LogP contribution in [0.3, 0.4) is 0 Å². The lowest BCUT2D eigenvalue weighted by Crippen LogP contribution is -2.40. The van der Waals surface area contributed by atoms with E-state index in [4.69, 9.17) is 9.97 Å². The van der Waals surface area contributed by atoms with Crippen LogP contribution in [0.4, 0.5) is 0 Å². The van der Waals surface area contributed by atoms with Crippen LogP contribution < -0.4 is 0 Å². The summed E-state index contributed by atoms with van der Waals surface area (Å²) in [5.41, 5.74) is 1.95. The molecule has 0 unspecified atom stereocenters. The first kappa shape index (κ1) is 19.7. The SMILES string of the molecule is Cc1cc(-c2cccs2)nc([C@@H]2CCCN(C(=O)CCn3nc(C)nc3C)C2)n1. The summed E-state index contributed by atoms with van der Waals surface area (Å²) < 4.78 is 1.81. The van der Waals surface area contributed by atoms with Crippen molar-refractivity contribution in [1.29, 1.82) is 0 Å². The van der Waals surface area contributed by atoms with Gasteiger partial charge in [-0.1, -0.05) is 6.07 Å². The van der Waals surface area contributed by atoms with Gasteiger partial charge in [0, 0.05) is 31.1 Å². The highest BCUT2D eigenvalue weighted by atomic mass is 32.1. The second kappa shape index (κ2) is 8.41. The van der Waals surface area contributed by atoms with Gasteiger partial charge in [-0.2, -0.15) is 5.10 Å². The fourth-order valence-electron chi connectivity index (χ4n) is 3.87. The summed E-state index contributed by atoms with van der Waals surface area (Å²) in [4.78, 5) is 29.8. The summed E-state index contributed by atoms with van der Waals surface area (Å²) in [6, 6.07) is 6.15. The second-order valence-corrected chi connectivity index (χ2v) is 8.54. The molecule has 0 N–H and O–H groups in total. The molecule has 0 radical (unpaired) electrons. The van der Waals surface area contributed by atoms with Crippen molar-refractivity contribution in [3.63, 3.8) is 0 Å². The Morgan fingerprint density at radius 2 is 2.10 bits per heavy atom. The number of carbonyl (C=O) groups is 1. The van der Waals surface area contributed by atoms with Gasteiger partial charge in [-0.25, -0.2) is 19.6 Å². The average molecular weight is 411 g/mol. The van der Waals surface area contributed by atoms with E-state index < -0.39 is 0 Å². The fourth-order valence-corrected chi connectivity index (χ4v) is 4.56. The first-order valence-electron chi connectivity index (χ1n) is 10.0. The summed E-state index contributed by atoms with van der Waals surface area (Å²) in [5.74, 6) is 2.79. The topological polar surface area (TPSA) is 76.8 Å². The van der Waals surface area contributed by atoms with Gasteiger partial charge in [0.2, 0.25) is 5.91 Å². The van der Waals surface area contributed by atoms with E-state index in [9.17, 15) is 4.79 Å². The Morgan fingerprint density at radius 1 is 1.24 bits per heavy atom. The lowest BCUT2D eigenvalue weighted by molar-refractivity contribution is -0.132. The molecule has 1 saturated heterocycles. The van der Waals surface area contributed by atoms with Gasteiger partial charge in [0.25, 0.3) is 0 Å². The minimum atomic E-state index is 0.161. The Labute approximate surface area is 174 Å². The van der Waals surface area contributed by atoms with Gasteiger partial charge in [-0.3, -0.25) is 4.79 Å². The molecule has 0 bridgehead atoms. The largest absolute Gasteiger partial charge is 0.342 e. The number of aryl methyl sites for hydroxylation is 4. The Kier molecular flexibility index (Phi) is 5.71. The number of rotatable bonds is 5. The molecule has 0 spiro atoms. The Balaban J connectivity index is 1.44. The van der Waals surface area contributed by atoms with Gasteiger partial charge >= 0.3 is 0 Å². The highest BCUT2D eigenvalue weighted by Gasteiger charge is 2.27.